The van der Waals surface area contributed by atoms with Crippen LogP contribution in [-0.2, 0) is 0 Å². The van der Waals surface area contributed by atoms with Gasteiger partial charge in [-0.15, -0.1) is 0 Å². The fourth-order valence-electron chi connectivity index (χ4n) is 2.91. The van der Waals surface area contributed by atoms with E-state index in [-0.39, 0.29) is 0 Å². The SMILES string of the molecule is CSC1CCCC1n1c(N)nc2ccc(Cl)cc21. The van der Waals surface area contributed by atoms with Gasteiger partial charge in [0.25, 0.3) is 0 Å². The molecule has 0 saturated heterocycles. The number of fused-ring (bicyclic) bond motifs is 1. The van der Waals surface area contributed by atoms with Crippen molar-refractivity contribution in [2.75, 3.05) is 12.0 Å². The minimum atomic E-state index is 0.448. The average Bonchev–Trinajstić information content (AvgIpc) is 2.91. The van der Waals surface area contributed by atoms with Crippen LogP contribution in [0.15, 0.2) is 18.2 Å². The minimum absolute atomic E-state index is 0.448. The van der Waals surface area contributed by atoms with Crippen molar-refractivity contribution in [1.29, 1.82) is 0 Å². The van der Waals surface area contributed by atoms with E-state index in [1.165, 1.54) is 19.3 Å². The number of nitrogens with two attached hydrogens (primary N) is 1. The molecule has 18 heavy (non-hydrogen) atoms. The van der Waals surface area contributed by atoms with Crippen LogP contribution in [-0.4, -0.2) is 21.1 Å². The van der Waals surface area contributed by atoms with Gasteiger partial charge in [-0.1, -0.05) is 18.0 Å². The zero-order valence-corrected chi connectivity index (χ0v) is 11.8. The maximum atomic E-state index is 6.10. The molecule has 96 valence electrons. The zero-order chi connectivity index (χ0) is 12.7. The number of nitrogens with zero attached hydrogens (tertiary/aromatic N) is 2. The standard InChI is InChI=1S/C13H16ClN3S/c1-18-12-4-2-3-10(12)17-11-7-8(14)5-6-9(11)16-13(17)15/h5-7,10,12H,2-4H2,1H3,(H2,15,16). The number of thioether (sulfide) groups is 1. The van der Waals surface area contributed by atoms with Crippen LogP contribution in [0.1, 0.15) is 25.3 Å². The van der Waals surface area contributed by atoms with E-state index in [0.717, 1.165) is 16.1 Å². The lowest BCUT2D eigenvalue weighted by atomic mass is 10.2. The molecular formula is C13H16ClN3S. The summed E-state index contributed by atoms with van der Waals surface area (Å²) < 4.78 is 2.18. The molecule has 1 aliphatic carbocycles. The molecule has 2 aromatic rings. The normalized spacial score (nSPS) is 23.9. The lowest BCUT2D eigenvalue weighted by molar-refractivity contribution is 0.550. The highest BCUT2D eigenvalue weighted by atomic mass is 35.5. The largest absolute Gasteiger partial charge is 0.369 e. The van der Waals surface area contributed by atoms with Crippen molar-refractivity contribution in [2.24, 2.45) is 0 Å². The molecule has 3 rings (SSSR count). The second-order valence-corrected chi connectivity index (χ2v) is 6.26. The van der Waals surface area contributed by atoms with Gasteiger partial charge in [-0.25, -0.2) is 4.98 Å². The van der Waals surface area contributed by atoms with E-state index in [1.807, 2.05) is 30.0 Å². The van der Waals surface area contributed by atoms with Crippen LogP contribution >= 0.6 is 23.4 Å². The summed E-state index contributed by atoms with van der Waals surface area (Å²) in [4.78, 5) is 4.44. The van der Waals surface area contributed by atoms with E-state index in [4.69, 9.17) is 17.3 Å². The predicted molar refractivity (Wildman–Crippen MR) is 79.3 cm³/mol. The van der Waals surface area contributed by atoms with Crippen LogP contribution in [0.2, 0.25) is 5.02 Å². The molecule has 3 nitrogen and oxygen atoms in total. The lowest BCUT2D eigenvalue weighted by Crippen LogP contribution is -2.17. The Labute approximate surface area is 116 Å². The first-order chi connectivity index (χ1) is 8.70. The van der Waals surface area contributed by atoms with Crippen molar-refractivity contribution in [2.45, 2.75) is 30.6 Å². The van der Waals surface area contributed by atoms with Crippen LogP contribution in [0.25, 0.3) is 11.0 Å². The first-order valence-corrected chi connectivity index (χ1v) is 7.83. The molecule has 0 amide bonds. The molecule has 1 heterocycles. The van der Waals surface area contributed by atoms with Gasteiger partial charge in [-0.3, -0.25) is 0 Å². The van der Waals surface area contributed by atoms with Crippen LogP contribution < -0.4 is 5.73 Å². The number of hydrogen-bond acceptors (Lipinski definition) is 3. The fourth-order valence-corrected chi connectivity index (χ4v) is 4.05. The third kappa shape index (κ3) is 1.88. The van der Waals surface area contributed by atoms with Gasteiger partial charge in [0, 0.05) is 16.3 Å². The van der Waals surface area contributed by atoms with Gasteiger partial charge >= 0.3 is 0 Å². The Balaban J connectivity index is 2.15. The molecule has 2 N–H and O–H groups in total. The first kappa shape index (κ1) is 12.2. The molecular weight excluding hydrogens is 266 g/mol. The Kier molecular flexibility index (Phi) is 3.16. The highest BCUT2D eigenvalue weighted by Crippen LogP contribution is 2.40. The van der Waals surface area contributed by atoms with Crippen LogP contribution in [0.5, 0.6) is 0 Å². The van der Waals surface area contributed by atoms with Crippen molar-refractivity contribution in [1.82, 2.24) is 9.55 Å². The molecule has 1 aromatic carbocycles. The minimum Gasteiger partial charge on any atom is -0.369 e. The van der Waals surface area contributed by atoms with Gasteiger partial charge in [-0.05, 0) is 37.3 Å². The second-order valence-electron chi connectivity index (χ2n) is 4.75. The molecule has 2 unspecified atom stereocenters. The highest BCUT2D eigenvalue weighted by molar-refractivity contribution is 7.99. The van der Waals surface area contributed by atoms with Crippen LogP contribution in [0, 0.1) is 0 Å². The quantitative estimate of drug-likeness (QED) is 0.912. The summed E-state index contributed by atoms with van der Waals surface area (Å²) in [7, 11) is 0. The summed E-state index contributed by atoms with van der Waals surface area (Å²) in [5, 5.41) is 1.37. The molecule has 0 radical (unpaired) electrons. The highest BCUT2D eigenvalue weighted by Gasteiger charge is 2.30. The third-order valence-electron chi connectivity index (χ3n) is 3.73. The van der Waals surface area contributed by atoms with Crippen molar-refractivity contribution in [3.05, 3.63) is 23.2 Å². The number of benzene rings is 1. The number of imidazole rings is 1. The molecule has 0 bridgehead atoms. The maximum Gasteiger partial charge on any atom is 0.201 e. The zero-order valence-electron chi connectivity index (χ0n) is 10.3. The number of rotatable bonds is 2. The monoisotopic (exact) mass is 281 g/mol. The molecule has 1 aliphatic rings. The summed E-state index contributed by atoms with van der Waals surface area (Å²) in [5.41, 5.74) is 8.09. The Morgan fingerprint density at radius 3 is 3.06 bits per heavy atom. The smallest absolute Gasteiger partial charge is 0.201 e. The van der Waals surface area contributed by atoms with Crippen molar-refractivity contribution < 1.29 is 0 Å². The number of aromatic nitrogens is 2. The van der Waals surface area contributed by atoms with E-state index in [2.05, 4.69) is 15.8 Å². The Hall–Kier alpha value is -0.870. The Morgan fingerprint density at radius 2 is 2.28 bits per heavy atom. The van der Waals surface area contributed by atoms with Gasteiger partial charge in [0.2, 0.25) is 5.95 Å². The summed E-state index contributed by atoms with van der Waals surface area (Å²) in [6.45, 7) is 0. The Bertz CT molecular complexity index is 581. The molecule has 0 spiro atoms. The van der Waals surface area contributed by atoms with Crippen molar-refractivity contribution >= 4 is 40.3 Å². The topological polar surface area (TPSA) is 43.8 Å². The Morgan fingerprint density at radius 1 is 1.44 bits per heavy atom. The van der Waals surface area contributed by atoms with E-state index >= 15 is 0 Å². The molecule has 0 aliphatic heterocycles. The molecule has 1 saturated carbocycles. The van der Waals surface area contributed by atoms with E-state index in [0.29, 0.717) is 17.2 Å². The molecule has 2 atom stereocenters. The predicted octanol–water partition coefficient (Wildman–Crippen LogP) is 3.73. The first-order valence-electron chi connectivity index (χ1n) is 6.16. The number of nitrogen functional groups attached to an aromatic ring is 1. The van der Waals surface area contributed by atoms with Crippen molar-refractivity contribution in [3.63, 3.8) is 0 Å². The van der Waals surface area contributed by atoms with Gasteiger partial charge in [0.1, 0.15) is 0 Å². The van der Waals surface area contributed by atoms with Crippen LogP contribution in [0.4, 0.5) is 5.95 Å². The van der Waals surface area contributed by atoms with E-state index in [9.17, 15) is 0 Å². The van der Waals surface area contributed by atoms with Crippen LogP contribution in [0.3, 0.4) is 0 Å². The van der Waals surface area contributed by atoms with Crippen molar-refractivity contribution in [3.8, 4) is 0 Å². The number of anilines is 1. The van der Waals surface area contributed by atoms with Gasteiger partial charge < -0.3 is 10.3 Å². The molecule has 1 aromatic heterocycles. The van der Waals surface area contributed by atoms with Gasteiger partial charge in [-0.2, -0.15) is 11.8 Å². The third-order valence-corrected chi connectivity index (χ3v) is 5.12. The average molecular weight is 282 g/mol. The maximum absolute atomic E-state index is 6.10. The molecule has 1 fully saturated rings. The summed E-state index contributed by atoms with van der Waals surface area (Å²) in [6.07, 6.45) is 5.86. The lowest BCUT2D eigenvalue weighted by Gasteiger charge is -2.21. The number of halogens is 1. The number of hydrogen-bond donors (Lipinski definition) is 1. The van der Waals surface area contributed by atoms with Gasteiger partial charge in [0.15, 0.2) is 0 Å². The van der Waals surface area contributed by atoms with E-state index in [1.54, 1.807) is 0 Å². The summed E-state index contributed by atoms with van der Waals surface area (Å²) in [5.74, 6) is 0.609. The summed E-state index contributed by atoms with van der Waals surface area (Å²) >= 11 is 8.01. The fraction of sp³-hybridized carbons (Fsp3) is 0.462. The summed E-state index contributed by atoms with van der Waals surface area (Å²) in [6, 6.07) is 6.22. The van der Waals surface area contributed by atoms with Gasteiger partial charge in [0.05, 0.1) is 11.0 Å². The molecule has 5 heteroatoms. The van der Waals surface area contributed by atoms with E-state index < -0.39 is 0 Å². The second kappa shape index (κ2) is 4.67.